The fourth-order valence-corrected chi connectivity index (χ4v) is 12.3. The number of ether oxygens (including phenoxy) is 2. The Kier molecular flexibility index (Phi) is 10.9. The minimum atomic E-state index is 0.0528. The Morgan fingerprint density at radius 3 is 1.86 bits per heavy atom. The minimum Gasteiger partial charge on any atom is -0.372 e. The second kappa shape index (κ2) is 16.1. The molecule has 4 amide bonds. The van der Waals surface area contributed by atoms with Gasteiger partial charge in [0.1, 0.15) is 33.3 Å². The van der Waals surface area contributed by atoms with Crippen molar-refractivity contribution in [3.8, 4) is 0 Å². The van der Waals surface area contributed by atoms with E-state index in [4.69, 9.17) is 21.1 Å². The summed E-state index contributed by atoms with van der Waals surface area (Å²) in [5.74, 6) is 0.771. The van der Waals surface area contributed by atoms with E-state index < -0.39 is 0 Å². The lowest BCUT2D eigenvalue weighted by atomic mass is 10.0. The number of thioether (sulfide) groups is 1. The molecule has 18 heteroatoms. The van der Waals surface area contributed by atoms with Crippen LogP contribution in [0, 0.1) is 0 Å². The van der Waals surface area contributed by atoms with Crippen LogP contribution in [0.2, 0.25) is 5.15 Å². The number of morpholine rings is 2. The maximum atomic E-state index is 13.2. The highest BCUT2D eigenvalue weighted by Gasteiger charge is 2.34. The summed E-state index contributed by atoms with van der Waals surface area (Å²) in [6.45, 7) is 13.2. The first kappa shape index (κ1) is 39.3. The highest BCUT2D eigenvalue weighted by Crippen LogP contribution is 2.41. The van der Waals surface area contributed by atoms with Crippen LogP contribution in [0.1, 0.15) is 54.1 Å². The van der Waals surface area contributed by atoms with E-state index in [9.17, 15) is 14.4 Å². The molecule has 0 saturated carbocycles. The average molecular weight is 863 g/mol. The molecule has 58 heavy (non-hydrogen) atoms. The van der Waals surface area contributed by atoms with Gasteiger partial charge in [-0.1, -0.05) is 29.4 Å². The topological polar surface area (TPSA) is 146 Å². The quantitative estimate of drug-likeness (QED) is 0.181. The third-order valence-electron chi connectivity index (χ3n) is 11.0. The molecular formula is C40H44ClN9O5S3. The summed E-state index contributed by atoms with van der Waals surface area (Å²) in [7, 11) is 0. The lowest BCUT2D eigenvalue weighted by Crippen LogP contribution is -2.53. The molecule has 5 aliphatic rings. The molecule has 0 spiro atoms. The lowest BCUT2D eigenvalue weighted by molar-refractivity contribution is -0.110. The second-order valence-electron chi connectivity index (χ2n) is 15.6. The molecule has 2 fully saturated rings. The molecule has 5 aliphatic heterocycles. The number of halogens is 1. The molecule has 0 bridgehead atoms. The number of hydrogen-bond acceptors (Lipinski definition) is 13. The molecule has 4 atom stereocenters. The van der Waals surface area contributed by atoms with Gasteiger partial charge in [0.25, 0.3) is 0 Å². The monoisotopic (exact) mass is 861 g/mol. The molecule has 0 radical (unpaired) electrons. The van der Waals surface area contributed by atoms with Crippen LogP contribution >= 0.6 is 46.0 Å². The Morgan fingerprint density at radius 1 is 0.741 bits per heavy atom. The first-order valence-corrected chi connectivity index (χ1v) is 22.4. The van der Waals surface area contributed by atoms with Crippen molar-refractivity contribution >= 4 is 95.2 Å². The summed E-state index contributed by atoms with van der Waals surface area (Å²) in [5.41, 5.74) is 4.41. The van der Waals surface area contributed by atoms with Gasteiger partial charge >= 0.3 is 12.1 Å². The van der Waals surface area contributed by atoms with Crippen LogP contribution in [0.25, 0.3) is 20.4 Å². The fraction of sp³-hybridized carbons (Fsp3) is 0.475. The SMILES string of the molecule is C[C@@H]1CN(C(=O)N2CCc3c(sc4ncnc(Cl)c34)C2)C[C@H](C)O1.C[C@@H]1CN(C(=O)N2CCc3c(sc4ncnc(Nc5ccc6c(c5)SC(=O)C6)c34)C2)C[C@H](C)O1. The van der Waals surface area contributed by atoms with Gasteiger partial charge in [-0.3, -0.25) is 4.79 Å². The highest BCUT2D eigenvalue weighted by atomic mass is 35.5. The van der Waals surface area contributed by atoms with Gasteiger partial charge in [-0.15, -0.1) is 22.7 Å². The average Bonchev–Trinajstić information content (AvgIpc) is 3.88. The van der Waals surface area contributed by atoms with E-state index >= 15 is 0 Å². The summed E-state index contributed by atoms with van der Waals surface area (Å²) in [5, 5.41) is 6.14. The Morgan fingerprint density at radius 2 is 1.28 bits per heavy atom. The van der Waals surface area contributed by atoms with Crippen molar-refractivity contribution < 1.29 is 23.9 Å². The number of rotatable bonds is 2. The normalized spacial score (nSPS) is 23.0. The van der Waals surface area contributed by atoms with Crippen molar-refractivity contribution in [3.63, 3.8) is 0 Å². The van der Waals surface area contributed by atoms with Gasteiger partial charge in [-0.05, 0) is 69.4 Å². The molecule has 14 nitrogen and oxygen atoms in total. The van der Waals surface area contributed by atoms with Crippen LogP contribution in [0.5, 0.6) is 0 Å². The fourth-order valence-electron chi connectivity index (χ4n) is 8.63. The van der Waals surface area contributed by atoms with Crippen LogP contribution in [-0.2, 0) is 46.6 Å². The summed E-state index contributed by atoms with van der Waals surface area (Å²) < 4.78 is 11.5. The predicted octanol–water partition coefficient (Wildman–Crippen LogP) is 7.13. The molecule has 1 aromatic carbocycles. The van der Waals surface area contributed by atoms with E-state index in [1.54, 1.807) is 29.0 Å². The number of nitrogens with one attached hydrogen (secondary N) is 1. The standard InChI is InChI=1S/C24H25N5O3S2.C16H19ClN4O2S/c1-13-9-29(10-14(2)32-13)24(31)28-6-5-17-19(11-28)34-23-21(17)22(25-12-26-23)27-16-4-3-15-7-20(30)33-18(15)8-16;1-9-5-21(6-10(2)23-9)16(22)20-4-3-11-12(7-20)24-15-13(11)14(17)18-8-19-15/h3-4,8,12-14H,5-7,9-11H2,1-2H3,(H,25,26,27);8-10H,3-7H2,1-2H3/t13-,14+;9-,10+. The van der Waals surface area contributed by atoms with Crippen molar-refractivity contribution in [1.82, 2.24) is 39.5 Å². The Hall–Kier alpha value is -4.13. The van der Waals surface area contributed by atoms with E-state index in [1.165, 1.54) is 39.0 Å². The van der Waals surface area contributed by atoms with Crippen LogP contribution < -0.4 is 5.32 Å². The number of thiophene rings is 2. The first-order valence-electron chi connectivity index (χ1n) is 19.6. The van der Waals surface area contributed by atoms with Crippen molar-refractivity contribution in [1.29, 1.82) is 0 Å². The molecule has 0 aliphatic carbocycles. The number of amides is 4. The van der Waals surface area contributed by atoms with Gasteiger partial charge in [0.05, 0.1) is 48.3 Å². The number of fused-ring (bicyclic) bond motifs is 7. The lowest BCUT2D eigenvalue weighted by Gasteiger charge is -2.39. The van der Waals surface area contributed by atoms with E-state index in [0.29, 0.717) is 63.9 Å². The molecule has 9 heterocycles. The number of anilines is 2. The maximum Gasteiger partial charge on any atom is 0.320 e. The van der Waals surface area contributed by atoms with E-state index in [2.05, 4.69) is 25.3 Å². The number of benzene rings is 1. The van der Waals surface area contributed by atoms with Gasteiger partial charge < -0.3 is 34.4 Å². The Balaban J connectivity index is 0.000000160. The number of nitrogens with zero attached hydrogens (tertiary/aromatic N) is 8. The van der Waals surface area contributed by atoms with Crippen LogP contribution in [-0.4, -0.2) is 120 Å². The van der Waals surface area contributed by atoms with Crippen LogP contribution in [0.3, 0.4) is 0 Å². The number of urea groups is 2. The van der Waals surface area contributed by atoms with E-state index in [-0.39, 0.29) is 41.6 Å². The molecule has 2 saturated heterocycles. The highest BCUT2D eigenvalue weighted by molar-refractivity contribution is 8.14. The summed E-state index contributed by atoms with van der Waals surface area (Å²) in [4.78, 5) is 68.2. The van der Waals surface area contributed by atoms with Gasteiger partial charge in [0, 0.05) is 66.0 Å². The second-order valence-corrected chi connectivity index (χ2v) is 19.2. The number of aromatic nitrogens is 4. The van der Waals surface area contributed by atoms with Crippen LogP contribution in [0.15, 0.2) is 35.7 Å². The zero-order valence-electron chi connectivity index (χ0n) is 32.7. The summed E-state index contributed by atoms with van der Waals surface area (Å²) in [6, 6.07) is 6.20. The van der Waals surface area contributed by atoms with Gasteiger partial charge in [0.2, 0.25) is 0 Å². The molecule has 1 N–H and O–H groups in total. The van der Waals surface area contributed by atoms with Crippen molar-refractivity contribution in [2.45, 2.75) is 89.4 Å². The predicted molar refractivity (Wildman–Crippen MR) is 226 cm³/mol. The molecule has 10 rings (SSSR count). The maximum absolute atomic E-state index is 13.2. The molecule has 0 unspecified atom stereocenters. The molecule has 4 aromatic heterocycles. The van der Waals surface area contributed by atoms with Crippen LogP contribution in [0.4, 0.5) is 21.1 Å². The Bertz CT molecular complexity index is 2410. The minimum absolute atomic E-state index is 0.0528. The summed E-state index contributed by atoms with van der Waals surface area (Å²) >= 11 is 10.8. The summed E-state index contributed by atoms with van der Waals surface area (Å²) in [6.07, 6.45) is 5.40. The largest absolute Gasteiger partial charge is 0.372 e. The molecule has 304 valence electrons. The Labute approximate surface area is 353 Å². The number of hydrogen-bond donors (Lipinski definition) is 1. The van der Waals surface area contributed by atoms with Crippen molar-refractivity contribution in [2.75, 3.05) is 44.6 Å². The zero-order chi connectivity index (χ0) is 40.2. The first-order chi connectivity index (χ1) is 28.0. The van der Waals surface area contributed by atoms with Gasteiger partial charge in [-0.25, -0.2) is 29.5 Å². The number of carbonyl (C=O) groups excluding carboxylic acids is 3. The third kappa shape index (κ3) is 7.84. The zero-order valence-corrected chi connectivity index (χ0v) is 35.9. The molecular weight excluding hydrogens is 818 g/mol. The van der Waals surface area contributed by atoms with Gasteiger partial charge in [0.15, 0.2) is 5.12 Å². The van der Waals surface area contributed by atoms with Gasteiger partial charge in [-0.2, -0.15) is 0 Å². The smallest absolute Gasteiger partial charge is 0.320 e. The number of carbonyl (C=O) groups is 3. The third-order valence-corrected chi connectivity index (χ3v) is 14.5. The van der Waals surface area contributed by atoms with E-state index in [0.717, 1.165) is 55.2 Å². The van der Waals surface area contributed by atoms with Crippen molar-refractivity contribution in [2.24, 2.45) is 0 Å². The molecule has 5 aromatic rings. The van der Waals surface area contributed by atoms with E-state index in [1.807, 2.05) is 65.5 Å². The van der Waals surface area contributed by atoms with Crippen molar-refractivity contribution in [3.05, 3.63) is 62.5 Å².